The van der Waals surface area contributed by atoms with Gasteiger partial charge in [-0.15, -0.1) is 5.10 Å². The van der Waals surface area contributed by atoms with Crippen LogP contribution in [0.5, 0.6) is 0 Å². The highest BCUT2D eigenvalue weighted by Crippen LogP contribution is 2.20. The van der Waals surface area contributed by atoms with Crippen LogP contribution in [0.3, 0.4) is 0 Å². The number of sulfone groups is 1. The van der Waals surface area contributed by atoms with Crippen LogP contribution in [0.4, 0.5) is 4.79 Å². The standard InChI is InChI=1S/C17H23N3O5S/c1-11-8-6-7-9-13(11)10-26(22,23)16-20-19-14(24-16)12(2)18-15(21)25-17(3,4)5/h6-9,12H,10H2,1-5H3,(H,18,21). The number of carbonyl (C=O) groups is 1. The second kappa shape index (κ2) is 7.45. The summed E-state index contributed by atoms with van der Waals surface area (Å²) in [6, 6.07) is 6.47. The topological polar surface area (TPSA) is 111 Å². The summed E-state index contributed by atoms with van der Waals surface area (Å²) in [6.07, 6.45) is -0.660. The third-order valence-electron chi connectivity index (χ3n) is 3.40. The summed E-state index contributed by atoms with van der Waals surface area (Å²) in [5.41, 5.74) is 0.865. The van der Waals surface area contributed by atoms with Crippen molar-refractivity contribution in [3.63, 3.8) is 0 Å². The van der Waals surface area contributed by atoms with Crippen molar-refractivity contribution >= 4 is 15.9 Å². The molecule has 0 fully saturated rings. The molecule has 0 bridgehead atoms. The normalized spacial score (nSPS) is 13.3. The second-order valence-corrected chi connectivity index (χ2v) is 8.83. The molecule has 1 heterocycles. The van der Waals surface area contributed by atoms with Crippen molar-refractivity contribution in [3.05, 3.63) is 41.3 Å². The van der Waals surface area contributed by atoms with E-state index in [0.29, 0.717) is 5.56 Å². The van der Waals surface area contributed by atoms with Crippen molar-refractivity contribution in [1.29, 1.82) is 0 Å². The number of nitrogens with zero attached hydrogens (tertiary/aromatic N) is 2. The lowest BCUT2D eigenvalue weighted by atomic mass is 10.1. The molecule has 1 aromatic carbocycles. The first kappa shape index (κ1) is 19.9. The molecule has 142 valence electrons. The number of amides is 1. The van der Waals surface area contributed by atoms with Gasteiger partial charge >= 0.3 is 11.3 Å². The molecule has 0 aliphatic rings. The van der Waals surface area contributed by atoms with E-state index in [4.69, 9.17) is 9.15 Å². The number of rotatable bonds is 5. The third-order valence-corrected chi connectivity index (χ3v) is 4.79. The SMILES string of the molecule is Cc1ccccc1CS(=O)(=O)c1nnc(C(C)NC(=O)OC(C)(C)C)o1. The van der Waals surface area contributed by atoms with Gasteiger partial charge < -0.3 is 14.5 Å². The van der Waals surface area contributed by atoms with E-state index < -0.39 is 32.8 Å². The van der Waals surface area contributed by atoms with Crippen LogP contribution in [0.25, 0.3) is 0 Å². The fourth-order valence-electron chi connectivity index (χ4n) is 2.11. The summed E-state index contributed by atoms with van der Waals surface area (Å²) in [7, 11) is -3.79. The van der Waals surface area contributed by atoms with Gasteiger partial charge in [0.15, 0.2) is 0 Å². The molecule has 1 aromatic heterocycles. The molecule has 26 heavy (non-hydrogen) atoms. The molecule has 8 nitrogen and oxygen atoms in total. The molecule has 0 aliphatic heterocycles. The van der Waals surface area contributed by atoms with Crippen molar-refractivity contribution in [2.45, 2.75) is 57.2 Å². The minimum atomic E-state index is -3.79. The van der Waals surface area contributed by atoms with E-state index in [1.165, 1.54) is 0 Å². The highest BCUT2D eigenvalue weighted by molar-refractivity contribution is 7.90. The maximum atomic E-state index is 12.5. The van der Waals surface area contributed by atoms with Gasteiger partial charge in [-0.2, -0.15) is 0 Å². The molecule has 2 rings (SSSR count). The largest absolute Gasteiger partial charge is 0.444 e. The van der Waals surface area contributed by atoms with Gasteiger partial charge in [-0.3, -0.25) is 0 Å². The van der Waals surface area contributed by atoms with Crippen LogP contribution in [-0.4, -0.2) is 30.3 Å². The molecule has 2 aromatic rings. The molecule has 1 unspecified atom stereocenters. The molecule has 0 spiro atoms. The molecule has 0 saturated carbocycles. The van der Waals surface area contributed by atoms with Crippen LogP contribution in [0.15, 0.2) is 33.9 Å². The fourth-order valence-corrected chi connectivity index (χ4v) is 3.34. The summed E-state index contributed by atoms with van der Waals surface area (Å²) < 4.78 is 35.4. The molecule has 1 N–H and O–H groups in total. The maximum absolute atomic E-state index is 12.5. The number of aromatic nitrogens is 2. The zero-order valence-electron chi connectivity index (χ0n) is 15.4. The Hall–Kier alpha value is -2.42. The zero-order chi connectivity index (χ0) is 19.5. The lowest BCUT2D eigenvalue weighted by Gasteiger charge is -2.20. The Labute approximate surface area is 152 Å². The van der Waals surface area contributed by atoms with Gasteiger partial charge in [0, 0.05) is 0 Å². The van der Waals surface area contributed by atoms with Crippen molar-refractivity contribution in [3.8, 4) is 0 Å². The summed E-state index contributed by atoms with van der Waals surface area (Å²) in [4.78, 5) is 11.8. The smallest absolute Gasteiger partial charge is 0.408 e. The number of alkyl carbamates (subject to hydrolysis) is 1. The lowest BCUT2D eigenvalue weighted by molar-refractivity contribution is 0.0500. The average Bonchev–Trinajstić information content (AvgIpc) is 2.98. The van der Waals surface area contributed by atoms with Gasteiger partial charge in [-0.25, -0.2) is 13.2 Å². The van der Waals surface area contributed by atoms with Crippen LogP contribution < -0.4 is 5.32 Å². The minimum Gasteiger partial charge on any atom is -0.444 e. The Morgan fingerprint density at radius 3 is 2.54 bits per heavy atom. The van der Waals surface area contributed by atoms with Crippen LogP contribution in [-0.2, 0) is 20.3 Å². The van der Waals surface area contributed by atoms with E-state index in [0.717, 1.165) is 5.56 Å². The Morgan fingerprint density at radius 2 is 1.92 bits per heavy atom. The number of nitrogens with one attached hydrogen (secondary N) is 1. The number of benzene rings is 1. The Bertz CT molecular complexity index is 884. The molecule has 1 amide bonds. The number of aryl methyl sites for hydroxylation is 1. The monoisotopic (exact) mass is 381 g/mol. The first-order valence-corrected chi connectivity index (χ1v) is 9.73. The van der Waals surface area contributed by atoms with Gasteiger partial charge in [0.25, 0.3) is 0 Å². The first-order chi connectivity index (χ1) is 12.0. The molecule has 9 heteroatoms. The maximum Gasteiger partial charge on any atom is 0.408 e. The minimum absolute atomic E-state index is 0.0146. The Balaban J connectivity index is 2.10. The van der Waals surface area contributed by atoms with Crippen LogP contribution >= 0.6 is 0 Å². The zero-order valence-corrected chi connectivity index (χ0v) is 16.3. The van der Waals surface area contributed by atoms with Crippen LogP contribution in [0.2, 0.25) is 0 Å². The summed E-state index contributed by atoms with van der Waals surface area (Å²) in [5, 5.41) is 9.40. The number of ether oxygens (including phenoxy) is 1. The summed E-state index contributed by atoms with van der Waals surface area (Å²) in [5.74, 6) is -0.256. The highest BCUT2D eigenvalue weighted by atomic mass is 32.2. The first-order valence-electron chi connectivity index (χ1n) is 8.08. The van der Waals surface area contributed by atoms with E-state index in [1.54, 1.807) is 39.8 Å². The van der Waals surface area contributed by atoms with Gasteiger partial charge in [0.05, 0.1) is 5.75 Å². The molecule has 0 aliphatic carbocycles. The predicted molar refractivity (Wildman–Crippen MR) is 94.2 cm³/mol. The molecule has 0 saturated heterocycles. The summed E-state index contributed by atoms with van der Waals surface area (Å²) >= 11 is 0. The third kappa shape index (κ3) is 5.29. The van der Waals surface area contributed by atoms with Crippen molar-refractivity contribution in [2.75, 3.05) is 0 Å². The van der Waals surface area contributed by atoms with E-state index in [2.05, 4.69) is 15.5 Å². The van der Waals surface area contributed by atoms with Crippen molar-refractivity contribution in [1.82, 2.24) is 15.5 Å². The van der Waals surface area contributed by atoms with Gasteiger partial charge in [-0.05, 0) is 45.7 Å². The molecular formula is C17H23N3O5S. The molecular weight excluding hydrogens is 358 g/mol. The average molecular weight is 381 g/mol. The van der Waals surface area contributed by atoms with Crippen molar-refractivity contribution in [2.24, 2.45) is 0 Å². The predicted octanol–water partition coefficient (Wildman–Crippen LogP) is 2.94. The summed E-state index contributed by atoms with van der Waals surface area (Å²) in [6.45, 7) is 8.63. The van der Waals surface area contributed by atoms with Crippen LogP contribution in [0.1, 0.15) is 50.8 Å². The number of hydrogen-bond acceptors (Lipinski definition) is 7. The highest BCUT2D eigenvalue weighted by Gasteiger charge is 2.26. The van der Waals surface area contributed by atoms with E-state index in [1.807, 2.05) is 19.1 Å². The van der Waals surface area contributed by atoms with E-state index >= 15 is 0 Å². The number of carbonyl (C=O) groups excluding carboxylic acids is 1. The fraction of sp³-hybridized carbons (Fsp3) is 0.471. The van der Waals surface area contributed by atoms with Gasteiger partial charge in [0.1, 0.15) is 11.6 Å². The Kier molecular flexibility index (Phi) is 5.70. The quantitative estimate of drug-likeness (QED) is 0.847. The van der Waals surface area contributed by atoms with Crippen molar-refractivity contribution < 1.29 is 22.4 Å². The van der Waals surface area contributed by atoms with Gasteiger partial charge in [0.2, 0.25) is 15.7 Å². The number of hydrogen-bond donors (Lipinski definition) is 1. The molecule has 1 atom stereocenters. The lowest BCUT2D eigenvalue weighted by Crippen LogP contribution is -2.34. The Morgan fingerprint density at radius 1 is 1.27 bits per heavy atom. The van der Waals surface area contributed by atoms with E-state index in [9.17, 15) is 13.2 Å². The molecule has 0 radical (unpaired) electrons. The van der Waals surface area contributed by atoms with Gasteiger partial charge in [-0.1, -0.05) is 29.4 Å². The second-order valence-electron chi connectivity index (χ2n) is 6.96. The van der Waals surface area contributed by atoms with Crippen LogP contribution in [0, 0.1) is 6.92 Å². The van der Waals surface area contributed by atoms with E-state index in [-0.39, 0.29) is 11.6 Å².